The van der Waals surface area contributed by atoms with Crippen LogP contribution in [0.2, 0.25) is 0 Å². The molecule has 6 heteroatoms. The predicted octanol–water partition coefficient (Wildman–Crippen LogP) is 4.61. The van der Waals surface area contributed by atoms with E-state index in [9.17, 15) is 9.59 Å². The van der Waals surface area contributed by atoms with Crippen LogP contribution in [0.25, 0.3) is 0 Å². The van der Waals surface area contributed by atoms with E-state index in [-0.39, 0.29) is 11.8 Å². The lowest BCUT2D eigenvalue weighted by Gasteiger charge is -2.13. The van der Waals surface area contributed by atoms with Gasteiger partial charge in [0.15, 0.2) is 0 Å². The van der Waals surface area contributed by atoms with Crippen molar-refractivity contribution in [1.29, 1.82) is 0 Å². The molecule has 1 unspecified atom stereocenters. The first-order valence-electron chi connectivity index (χ1n) is 8.01. The third-order valence-electron chi connectivity index (χ3n) is 3.83. The first-order valence-corrected chi connectivity index (χ1v) is 10.4. The SMILES string of the molecule is CC(=O)Nc1cccc(NC(=O)CCCCC2CCSS2)c1C. The number of amides is 2. The molecule has 1 heterocycles. The Kier molecular flexibility index (Phi) is 7.30. The summed E-state index contributed by atoms with van der Waals surface area (Å²) < 4.78 is 0. The quantitative estimate of drug-likeness (QED) is 0.556. The molecule has 1 aromatic carbocycles. The van der Waals surface area contributed by atoms with Crippen LogP contribution < -0.4 is 10.6 Å². The van der Waals surface area contributed by atoms with Crippen LogP contribution >= 0.6 is 21.6 Å². The van der Waals surface area contributed by atoms with Crippen molar-refractivity contribution in [2.75, 3.05) is 16.4 Å². The van der Waals surface area contributed by atoms with Crippen LogP contribution in [0.1, 0.15) is 44.6 Å². The fourth-order valence-electron chi connectivity index (χ4n) is 2.53. The Balaban J connectivity index is 1.77. The smallest absolute Gasteiger partial charge is 0.224 e. The van der Waals surface area contributed by atoms with E-state index in [1.807, 2.05) is 46.7 Å². The van der Waals surface area contributed by atoms with Gasteiger partial charge < -0.3 is 10.6 Å². The molecule has 0 radical (unpaired) electrons. The molecule has 2 N–H and O–H groups in total. The third kappa shape index (κ3) is 6.11. The molecule has 1 aliphatic heterocycles. The summed E-state index contributed by atoms with van der Waals surface area (Å²) in [5, 5.41) is 6.51. The zero-order valence-electron chi connectivity index (χ0n) is 13.7. The number of nitrogens with one attached hydrogen (secondary N) is 2. The van der Waals surface area contributed by atoms with Crippen LogP contribution in [0.4, 0.5) is 11.4 Å². The number of anilines is 2. The molecule has 4 nitrogen and oxygen atoms in total. The van der Waals surface area contributed by atoms with E-state index in [4.69, 9.17) is 0 Å². The van der Waals surface area contributed by atoms with Gasteiger partial charge >= 0.3 is 0 Å². The van der Waals surface area contributed by atoms with E-state index in [0.29, 0.717) is 6.42 Å². The summed E-state index contributed by atoms with van der Waals surface area (Å²) in [6, 6.07) is 5.54. The highest BCUT2D eigenvalue weighted by Gasteiger charge is 2.16. The predicted molar refractivity (Wildman–Crippen MR) is 101 cm³/mol. The highest BCUT2D eigenvalue weighted by atomic mass is 33.1. The van der Waals surface area contributed by atoms with Crippen LogP contribution in [0.3, 0.4) is 0 Å². The molecule has 0 aromatic heterocycles. The van der Waals surface area contributed by atoms with Crippen molar-refractivity contribution in [2.24, 2.45) is 0 Å². The van der Waals surface area contributed by atoms with E-state index in [1.165, 1.54) is 25.5 Å². The Hall–Kier alpha value is -1.14. The number of hydrogen-bond donors (Lipinski definition) is 2. The molecule has 23 heavy (non-hydrogen) atoms. The first-order chi connectivity index (χ1) is 11.1. The van der Waals surface area contributed by atoms with E-state index in [0.717, 1.165) is 35.0 Å². The van der Waals surface area contributed by atoms with Gasteiger partial charge in [0.05, 0.1) is 0 Å². The summed E-state index contributed by atoms with van der Waals surface area (Å²) in [4.78, 5) is 23.3. The molecule has 2 amide bonds. The lowest BCUT2D eigenvalue weighted by atomic mass is 10.1. The summed E-state index contributed by atoms with van der Waals surface area (Å²) in [6.07, 6.45) is 5.10. The van der Waals surface area contributed by atoms with Gasteiger partial charge in [0, 0.05) is 35.7 Å². The fraction of sp³-hybridized carbons (Fsp3) is 0.529. The van der Waals surface area contributed by atoms with Crippen molar-refractivity contribution >= 4 is 44.8 Å². The van der Waals surface area contributed by atoms with Crippen LogP contribution in [0.15, 0.2) is 18.2 Å². The standard InChI is InChI=1S/C17H24N2O2S2/c1-12-15(18-13(2)20)7-5-8-16(12)19-17(21)9-4-3-6-14-10-11-22-23-14/h5,7-8,14H,3-4,6,9-11H2,1-2H3,(H,18,20)(H,19,21). The van der Waals surface area contributed by atoms with Crippen molar-refractivity contribution < 1.29 is 9.59 Å². The van der Waals surface area contributed by atoms with Crippen LogP contribution in [0.5, 0.6) is 0 Å². The van der Waals surface area contributed by atoms with Gasteiger partial charge in [-0.15, -0.1) is 0 Å². The van der Waals surface area contributed by atoms with Gasteiger partial charge in [-0.2, -0.15) is 0 Å². The van der Waals surface area contributed by atoms with Crippen molar-refractivity contribution in [2.45, 2.75) is 51.2 Å². The Bertz CT molecular complexity index is 558. The van der Waals surface area contributed by atoms with Crippen LogP contribution in [-0.4, -0.2) is 22.8 Å². The number of carbonyl (C=O) groups excluding carboxylic acids is 2. The first kappa shape index (κ1) is 18.2. The normalized spacial score (nSPS) is 17.0. The second kappa shape index (κ2) is 9.23. The van der Waals surface area contributed by atoms with E-state index < -0.39 is 0 Å². The molecular weight excluding hydrogens is 328 g/mol. The molecule has 0 spiro atoms. The lowest BCUT2D eigenvalue weighted by molar-refractivity contribution is -0.116. The number of carbonyl (C=O) groups is 2. The average Bonchev–Trinajstić information content (AvgIpc) is 3.01. The Morgan fingerprint density at radius 2 is 1.96 bits per heavy atom. The second-order valence-electron chi connectivity index (χ2n) is 5.78. The third-order valence-corrected chi connectivity index (χ3v) is 6.83. The number of hydrogen-bond acceptors (Lipinski definition) is 4. The van der Waals surface area contributed by atoms with Gasteiger partial charge in [-0.3, -0.25) is 9.59 Å². The summed E-state index contributed by atoms with van der Waals surface area (Å²) in [5.74, 6) is 1.20. The zero-order valence-corrected chi connectivity index (χ0v) is 15.3. The molecule has 2 rings (SSSR count). The van der Waals surface area contributed by atoms with Gasteiger partial charge in [0.25, 0.3) is 0 Å². The van der Waals surface area contributed by atoms with Gasteiger partial charge in [0.1, 0.15) is 0 Å². The molecule has 0 aliphatic carbocycles. The molecule has 1 atom stereocenters. The van der Waals surface area contributed by atoms with Crippen molar-refractivity contribution in [3.63, 3.8) is 0 Å². The number of rotatable bonds is 7. The van der Waals surface area contributed by atoms with Gasteiger partial charge in [-0.25, -0.2) is 0 Å². The summed E-state index contributed by atoms with van der Waals surface area (Å²) in [6.45, 7) is 3.38. The largest absolute Gasteiger partial charge is 0.326 e. The maximum atomic E-state index is 12.1. The zero-order chi connectivity index (χ0) is 16.7. The lowest BCUT2D eigenvalue weighted by Crippen LogP contribution is -2.14. The van der Waals surface area contributed by atoms with Gasteiger partial charge in [0.2, 0.25) is 11.8 Å². The van der Waals surface area contributed by atoms with Crippen molar-refractivity contribution in [3.05, 3.63) is 23.8 Å². The van der Waals surface area contributed by atoms with E-state index in [2.05, 4.69) is 10.6 Å². The molecule has 126 valence electrons. The molecule has 1 aliphatic rings. The topological polar surface area (TPSA) is 58.2 Å². The number of unbranched alkanes of at least 4 members (excludes halogenated alkanes) is 1. The highest BCUT2D eigenvalue weighted by Crippen LogP contribution is 2.39. The van der Waals surface area contributed by atoms with Crippen LogP contribution in [0, 0.1) is 6.92 Å². The Labute approximate surface area is 146 Å². The van der Waals surface area contributed by atoms with Crippen LogP contribution in [-0.2, 0) is 9.59 Å². The molecule has 0 saturated carbocycles. The summed E-state index contributed by atoms with van der Waals surface area (Å²) in [7, 11) is 3.96. The maximum absolute atomic E-state index is 12.1. The monoisotopic (exact) mass is 352 g/mol. The highest BCUT2D eigenvalue weighted by molar-refractivity contribution is 8.77. The number of benzene rings is 1. The van der Waals surface area contributed by atoms with Gasteiger partial charge in [-0.05, 0) is 43.9 Å². The van der Waals surface area contributed by atoms with E-state index >= 15 is 0 Å². The Morgan fingerprint density at radius 1 is 1.22 bits per heavy atom. The van der Waals surface area contributed by atoms with E-state index in [1.54, 1.807) is 0 Å². The fourth-order valence-corrected chi connectivity index (χ4v) is 5.56. The molecular formula is C17H24N2O2S2. The minimum Gasteiger partial charge on any atom is -0.326 e. The van der Waals surface area contributed by atoms with Gasteiger partial charge in [-0.1, -0.05) is 34.1 Å². The van der Waals surface area contributed by atoms with Crippen molar-refractivity contribution in [3.8, 4) is 0 Å². The summed E-state index contributed by atoms with van der Waals surface area (Å²) >= 11 is 0. The molecule has 0 bridgehead atoms. The maximum Gasteiger partial charge on any atom is 0.224 e. The molecule has 1 saturated heterocycles. The average molecular weight is 353 g/mol. The minimum absolute atomic E-state index is 0.0431. The van der Waals surface area contributed by atoms with Crippen molar-refractivity contribution in [1.82, 2.24) is 0 Å². The Morgan fingerprint density at radius 3 is 2.61 bits per heavy atom. The minimum atomic E-state index is -0.112. The molecule has 1 aromatic rings. The second-order valence-corrected chi connectivity index (χ2v) is 8.57. The molecule has 1 fully saturated rings. The summed E-state index contributed by atoms with van der Waals surface area (Å²) in [5.41, 5.74) is 2.39.